The molecule has 0 amide bonds. The molecule has 0 aliphatic heterocycles. The summed E-state index contributed by atoms with van der Waals surface area (Å²) in [5.41, 5.74) is 6.91. The smallest absolute Gasteiger partial charge is 0.0740 e. The van der Waals surface area contributed by atoms with E-state index >= 15 is 0 Å². The van der Waals surface area contributed by atoms with Gasteiger partial charge in [-0.15, -0.1) is 0 Å². The van der Waals surface area contributed by atoms with Crippen LogP contribution in [0.1, 0.15) is 24.8 Å². The average Bonchev–Trinajstić information content (AvgIpc) is 2.33. The van der Waals surface area contributed by atoms with Gasteiger partial charge in [0.2, 0.25) is 0 Å². The molecule has 94 valence electrons. The molecular formula is C14H22N2S. The number of nitrogens with zero attached hydrogens (tertiary/aromatic N) is 1. The minimum Gasteiger partial charge on any atom is -0.393 e. The molecule has 0 aliphatic carbocycles. The molecule has 0 atom stereocenters. The summed E-state index contributed by atoms with van der Waals surface area (Å²) in [7, 11) is 2.13. The molecule has 0 bridgehead atoms. The zero-order valence-corrected chi connectivity index (χ0v) is 11.4. The van der Waals surface area contributed by atoms with E-state index in [1.165, 1.54) is 24.8 Å². The number of hydrogen-bond donors (Lipinski definition) is 1. The van der Waals surface area contributed by atoms with Gasteiger partial charge in [0.05, 0.1) is 4.99 Å². The molecule has 1 rings (SSSR count). The van der Waals surface area contributed by atoms with Crippen LogP contribution in [0.25, 0.3) is 0 Å². The summed E-state index contributed by atoms with van der Waals surface area (Å²) < 4.78 is 0. The first kappa shape index (κ1) is 14.1. The lowest BCUT2D eigenvalue weighted by Gasteiger charge is -2.15. The van der Waals surface area contributed by atoms with Gasteiger partial charge >= 0.3 is 0 Å². The van der Waals surface area contributed by atoms with Crippen LogP contribution in [0.3, 0.4) is 0 Å². The average molecular weight is 250 g/mol. The highest BCUT2D eigenvalue weighted by atomic mass is 32.1. The van der Waals surface area contributed by atoms with E-state index in [4.69, 9.17) is 18.0 Å². The van der Waals surface area contributed by atoms with E-state index in [0.717, 1.165) is 19.5 Å². The first-order valence-electron chi connectivity index (χ1n) is 6.19. The van der Waals surface area contributed by atoms with Crippen molar-refractivity contribution >= 4 is 17.2 Å². The Morgan fingerprint density at radius 2 is 1.88 bits per heavy atom. The van der Waals surface area contributed by atoms with Gasteiger partial charge in [-0.05, 0) is 38.4 Å². The van der Waals surface area contributed by atoms with Crippen molar-refractivity contribution in [3.8, 4) is 0 Å². The summed E-state index contributed by atoms with van der Waals surface area (Å²) in [4.78, 5) is 2.91. The highest BCUT2D eigenvalue weighted by Gasteiger charge is 1.99. The van der Waals surface area contributed by atoms with Crippen molar-refractivity contribution in [2.45, 2.75) is 25.7 Å². The summed E-state index contributed by atoms with van der Waals surface area (Å²) in [5.74, 6) is 0. The number of aryl methyl sites for hydroxylation is 1. The minimum atomic E-state index is 0.612. The van der Waals surface area contributed by atoms with E-state index in [-0.39, 0.29) is 0 Å². The molecule has 0 unspecified atom stereocenters. The Kier molecular flexibility index (Phi) is 6.82. The summed E-state index contributed by atoms with van der Waals surface area (Å²) in [5, 5.41) is 0. The molecule has 0 heterocycles. The molecule has 2 nitrogen and oxygen atoms in total. The zero-order valence-electron chi connectivity index (χ0n) is 10.6. The van der Waals surface area contributed by atoms with E-state index in [9.17, 15) is 0 Å². The third-order valence-corrected chi connectivity index (χ3v) is 3.04. The normalized spacial score (nSPS) is 10.7. The van der Waals surface area contributed by atoms with Crippen LogP contribution in [0.2, 0.25) is 0 Å². The zero-order chi connectivity index (χ0) is 12.5. The molecule has 1 aromatic rings. The first-order chi connectivity index (χ1) is 8.18. The van der Waals surface area contributed by atoms with Crippen molar-refractivity contribution in [2.75, 3.05) is 20.1 Å². The van der Waals surface area contributed by atoms with Crippen molar-refractivity contribution < 1.29 is 0 Å². The predicted molar refractivity (Wildman–Crippen MR) is 78.3 cm³/mol. The third-order valence-electron chi connectivity index (χ3n) is 2.84. The predicted octanol–water partition coefficient (Wildman–Crippen LogP) is 2.62. The Morgan fingerprint density at radius 1 is 1.18 bits per heavy atom. The Labute approximate surface area is 110 Å². The lowest BCUT2D eigenvalue weighted by Crippen LogP contribution is -2.24. The van der Waals surface area contributed by atoms with Crippen molar-refractivity contribution in [2.24, 2.45) is 5.73 Å². The fourth-order valence-corrected chi connectivity index (χ4v) is 1.86. The van der Waals surface area contributed by atoms with E-state index in [1.54, 1.807) is 0 Å². The molecule has 0 spiro atoms. The largest absolute Gasteiger partial charge is 0.393 e. The quantitative estimate of drug-likeness (QED) is 0.568. The maximum absolute atomic E-state index is 5.48. The number of benzene rings is 1. The molecular weight excluding hydrogens is 228 g/mol. The second-order valence-corrected chi connectivity index (χ2v) is 4.99. The van der Waals surface area contributed by atoms with Crippen LogP contribution in [0.15, 0.2) is 30.3 Å². The molecule has 0 saturated heterocycles. The molecule has 3 heteroatoms. The highest BCUT2D eigenvalue weighted by Crippen LogP contribution is 2.05. The van der Waals surface area contributed by atoms with E-state index < -0.39 is 0 Å². The third kappa shape index (κ3) is 7.08. The van der Waals surface area contributed by atoms with Gasteiger partial charge < -0.3 is 10.6 Å². The first-order valence-corrected chi connectivity index (χ1v) is 6.60. The Hall–Kier alpha value is -0.930. The second kappa shape index (κ2) is 8.20. The minimum absolute atomic E-state index is 0.612. The Balaban J connectivity index is 2.06. The van der Waals surface area contributed by atoms with Crippen molar-refractivity contribution in [1.29, 1.82) is 0 Å². The lowest BCUT2D eigenvalue weighted by molar-refractivity contribution is 0.335. The fourth-order valence-electron chi connectivity index (χ4n) is 1.77. The van der Waals surface area contributed by atoms with Crippen LogP contribution in [0, 0.1) is 0 Å². The van der Waals surface area contributed by atoms with Gasteiger partial charge in [-0.1, -0.05) is 42.5 Å². The topological polar surface area (TPSA) is 29.3 Å². The molecule has 0 saturated carbocycles. The van der Waals surface area contributed by atoms with Crippen LogP contribution in [-0.4, -0.2) is 30.0 Å². The molecule has 0 aliphatic rings. The van der Waals surface area contributed by atoms with E-state index in [2.05, 4.69) is 42.3 Å². The molecule has 2 N–H and O–H groups in total. The molecule has 0 radical (unpaired) electrons. The number of nitrogens with two attached hydrogens (primary N) is 1. The van der Waals surface area contributed by atoms with Gasteiger partial charge in [-0.3, -0.25) is 0 Å². The summed E-state index contributed by atoms with van der Waals surface area (Å²) in [6.45, 7) is 2.09. The van der Waals surface area contributed by atoms with Crippen LogP contribution in [-0.2, 0) is 6.42 Å². The molecule has 1 aromatic carbocycles. The summed E-state index contributed by atoms with van der Waals surface area (Å²) in [6.07, 6.45) is 4.46. The maximum atomic E-state index is 5.48. The van der Waals surface area contributed by atoms with Gasteiger partial charge in [0, 0.05) is 13.0 Å². The van der Waals surface area contributed by atoms with Gasteiger partial charge in [0.15, 0.2) is 0 Å². The van der Waals surface area contributed by atoms with E-state index in [0.29, 0.717) is 4.99 Å². The number of hydrogen-bond acceptors (Lipinski definition) is 2. The van der Waals surface area contributed by atoms with Gasteiger partial charge in [0.25, 0.3) is 0 Å². The van der Waals surface area contributed by atoms with Crippen LogP contribution >= 0.6 is 12.2 Å². The standard InChI is InChI=1S/C14H22N2S/c1-16(12-10-14(15)17)11-6-5-9-13-7-3-2-4-8-13/h2-4,7-8H,5-6,9-12H2,1H3,(H2,15,17). The van der Waals surface area contributed by atoms with Crippen LogP contribution < -0.4 is 5.73 Å². The van der Waals surface area contributed by atoms with Crippen LogP contribution in [0.4, 0.5) is 0 Å². The van der Waals surface area contributed by atoms with Gasteiger partial charge in [0.1, 0.15) is 0 Å². The van der Waals surface area contributed by atoms with Crippen molar-refractivity contribution in [3.63, 3.8) is 0 Å². The van der Waals surface area contributed by atoms with Gasteiger partial charge in [-0.2, -0.15) is 0 Å². The molecule has 0 aromatic heterocycles. The van der Waals surface area contributed by atoms with Crippen molar-refractivity contribution in [1.82, 2.24) is 4.90 Å². The lowest BCUT2D eigenvalue weighted by atomic mass is 10.1. The van der Waals surface area contributed by atoms with E-state index in [1.807, 2.05) is 0 Å². The monoisotopic (exact) mass is 250 g/mol. The molecule has 0 fully saturated rings. The highest BCUT2D eigenvalue weighted by molar-refractivity contribution is 7.80. The summed E-state index contributed by atoms with van der Waals surface area (Å²) in [6, 6.07) is 10.6. The Morgan fingerprint density at radius 3 is 2.53 bits per heavy atom. The van der Waals surface area contributed by atoms with Crippen LogP contribution in [0.5, 0.6) is 0 Å². The number of rotatable bonds is 8. The second-order valence-electron chi connectivity index (χ2n) is 4.46. The number of thiocarbonyl (C=S) groups is 1. The maximum Gasteiger partial charge on any atom is 0.0740 e. The SMILES string of the molecule is CN(CCCCc1ccccc1)CCC(N)=S. The fraction of sp³-hybridized carbons (Fsp3) is 0.500. The molecule has 17 heavy (non-hydrogen) atoms. The van der Waals surface area contributed by atoms with Gasteiger partial charge in [-0.25, -0.2) is 0 Å². The number of unbranched alkanes of at least 4 members (excludes halogenated alkanes) is 1. The summed E-state index contributed by atoms with van der Waals surface area (Å²) >= 11 is 4.86. The Bertz CT molecular complexity index is 324. The van der Waals surface area contributed by atoms with Crippen molar-refractivity contribution in [3.05, 3.63) is 35.9 Å².